The largest absolute Gasteiger partial charge is 0.394 e. The van der Waals surface area contributed by atoms with Crippen LogP contribution in [0.1, 0.15) is 19.3 Å². The summed E-state index contributed by atoms with van der Waals surface area (Å²) in [5.41, 5.74) is 0. The van der Waals surface area contributed by atoms with Crippen LogP contribution in [-0.4, -0.2) is 50.9 Å². The molecule has 0 bridgehead atoms. The average Bonchev–Trinajstić information content (AvgIpc) is 2.13. The summed E-state index contributed by atoms with van der Waals surface area (Å²) in [5, 5.41) is 8.42. The highest BCUT2D eigenvalue weighted by atomic mass is 16.5. The second-order valence-electron chi connectivity index (χ2n) is 3.37. The smallest absolute Gasteiger partial charge is 0.0704 e. The molecule has 0 amide bonds. The molecule has 14 heavy (non-hydrogen) atoms. The molecule has 1 aliphatic rings. The van der Waals surface area contributed by atoms with Crippen molar-refractivity contribution in [3.05, 3.63) is 0 Å². The third-order valence-corrected chi connectivity index (χ3v) is 2.24. The maximum atomic E-state index is 8.42. The van der Waals surface area contributed by atoms with Gasteiger partial charge in [0.25, 0.3) is 0 Å². The minimum Gasteiger partial charge on any atom is -0.394 e. The van der Waals surface area contributed by atoms with Crippen molar-refractivity contribution in [2.24, 2.45) is 0 Å². The van der Waals surface area contributed by atoms with Gasteiger partial charge in [-0.1, -0.05) is 0 Å². The molecule has 0 heterocycles. The van der Waals surface area contributed by atoms with Crippen molar-refractivity contribution in [3.8, 4) is 0 Å². The molecule has 4 heteroatoms. The molecule has 0 aromatic heterocycles. The average molecular weight is 204 g/mol. The molecule has 1 N–H and O–H groups in total. The SMILES string of the molecule is OCCOCCOCCOC1CCC1. The Balaban J connectivity index is 1.67. The van der Waals surface area contributed by atoms with Gasteiger partial charge in [0.1, 0.15) is 0 Å². The van der Waals surface area contributed by atoms with E-state index >= 15 is 0 Å². The maximum Gasteiger partial charge on any atom is 0.0704 e. The van der Waals surface area contributed by atoms with Crippen LogP contribution in [0.15, 0.2) is 0 Å². The summed E-state index contributed by atoms with van der Waals surface area (Å²) in [5.74, 6) is 0. The lowest BCUT2D eigenvalue weighted by Gasteiger charge is -2.25. The predicted molar refractivity (Wildman–Crippen MR) is 52.3 cm³/mol. The summed E-state index contributed by atoms with van der Waals surface area (Å²) >= 11 is 0. The Morgan fingerprint density at radius 2 is 1.57 bits per heavy atom. The Morgan fingerprint density at radius 1 is 0.929 bits per heavy atom. The molecule has 0 aromatic carbocycles. The molecule has 0 unspecified atom stereocenters. The molecule has 0 aromatic rings. The van der Waals surface area contributed by atoms with E-state index in [1.54, 1.807) is 0 Å². The molecule has 0 saturated heterocycles. The second-order valence-corrected chi connectivity index (χ2v) is 3.37. The number of rotatable bonds is 9. The van der Waals surface area contributed by atoms with Crippen LogP contribution in [-0.2, 0) is 14.2 Å². The molecule has 1 aliphatic carbocycles. The highest BCUT2D eigenvalue weighted by Crippen LogP contribution is 2.21. The Bertz CT molecular complexity index is 125. The molecule has 84 valence electrons. The van der Waals surface area contributed by atoms with E-state index in [9.17, 15) is 0 Å². The Morgan fingerprint density at radius 3 is 2.14 bits per heavy atom. The summed E-state index contributed by atoms with van der Waals surface area (Å²) < 4.78 is 15.8. The first-order chi connectivity index (χ1) is 6.93. The standard InChI is InChI=1S/C10H20O4/c11-4-5-12-6-7-13-8-9-14-10-2-1-3-10/h10-11H,1-9H2. The zero-order chi connectivity index (χ0) is 10.1. The van der Waals surface area contributed by atoms with Crippen LogP contribution in [0, 0.1) is 0 Å². The van der Waals surface area contributed by atoms with Gasteiger partial charge in [-0.3, -0.25) is 0 Å². The van der Waals surface area contributed by atoms with Crippen molar-refractivity contribution >= 4 is 0 Å². The molecule has 1 fully saturated rings. The fourth-order valence-corrected chi connectivity index (χ4v) is 1.20. The molecular formula is C10H20O4. The van der Waals surface area contributed by atoms with Gasteiger partial charge in [-0.15, -0.1) is 0 Å². The highest BCUT2D eigenvalue weighted by Gasteiger charge is 2.16. The number of ether oxygens (including phenoxy) is 3. The van der Waals surface area contributed by atoms with E-state index < -0.39 is 0 Å². The maximum absolute atomic E-state index is 8.42. The van der Waals surface area contributed by atoms with Crippen molar-refractivity contribution in [2.75, 3.05) is 39.6 Å². The first-order valence-corrected chi connectivity index (χ1v) is 5.31. The van der Waals surface area contributed by atoms with Gasteiger partial charge in [0, 0.05) is 0 Å². The van der Waals surface area contributed by atoms with Crippen molar-refractivity contribution < 1.29 is 19.3 Å². The lowest BCUT2D eigenvalue weighted by molar-refractivity contribution is -0.0381. The summed E-state index contributed by atoms with van der Waals surface area (Å²) in [4.78, 5) is 0. The van der Waals surface area contributed by atoms with E-state index in [4.69, 9.17) is 19.3 Å². The molecule has 4 nitrogen and oxygen atoms in total. The first-order valence-electron chi connectivity index (χ1n) is 5.31. The minimum absolute atomic E-state index is 0.0742. The van der Waals surface area contributed by atoms with Crippen LogP contribution in [0.4, 0.5) is 0 Å². The molecule has 1 saturated carbocycles. The van der Waals surface area contributed by atoms with Crippen molar-refractivity contribution in [1.82, 2.24) is 0 Å². The van der Waals surface area contributed by atoms with E-state index in [0.717, 1.165) is 0 Å². The van der Waals surface area contributed by atoms with Gasteiger partial charge in [-0.05, 0) is 19.3 Å². The van der Waals surface area contributed by atoms with Gasteiger partial charge in [0.05, 0.1) is 45.7 Å². The van der Waals surface area contributed by atoms with Gasteiger partial charge in [0.2, 0.25) is 0 Å². The van der Waals surface area contributed by atoms with Gasteiger partial charge in [0.15, 0.2) is 0 Å². The molecular weight excluding hydrogens is 184 g/mol. The third-order valence-electron chi connectivity index (χ3n) is 2.24. The predicted octanol–water partition coefficient (Wildman–Crippen LogP) is 0.581. The number of aliphatic hydroxyl groups excluding tert-OH is 1. The molecule has 0 aliphatic heterocycles. The zero-order valence-corrected chi connectivity index (χ0v) is 8.61. The number of hydrogen-bond acceptors (Lipinski definition) is 4. The molecule has 0 spiro atoms. The number of aliphatic hydroxyl groups is 1. The lowest BCUT2D eigenvalue weighted by Crippen LogP contribution is -2.23. The van der Waals surface area contributed by atoms with Gasteiger partial charge >= 0.3 is 0 Å². The zero-order valence-electron chi connectivity index (χ0n) is 8.61. The van der Waals surface area contributed by atoms with Gasteiger partial charge < -0.3 is 19.3 Å². The van der Waals surface area contributed by atoms with E-state index in [0.29, 0.717) is 39.1 Å². The van der Waals surface area contributed by atoms with Crippen LogP contribution < -0.4 is 0 Å². The molecule has 0 atom stereocenters. The van der Waals surface area contributed by atoms with Crippen LogP contribution >= 0.6 is 0 Å². The summed E-state index contributed by atoms with van der Waals surface area (Å²) in [7, 11) is 0. The summed E-state index contributed by atoms with van der Waals surface area (Å²) in [6, 6.07) is 0. The van der Waals surface area contributed by atoms with Crippen molar-refractivity contribution in [2.45, 2.75) is 25.4 Å². The van der Waals surface area contributed by atoms with Gasteiger partial charge in [-0.2, -0.15) is 0 Å². The Labute approximate surface area is 85.2 Å². The number of hydrogen-bond donors (Lipinski definition) is 1. The lowest BCUT2D eigenvalue weighted by atomic mass is 9.96. The Hall–Kier alpha value is -0.160. The minimum atomic E-state index is 0.0742. The second kappa shape index (κ2) is 8.17. The van der Waals surface area contributed by atoms with Crippen LogP contribution in [0.2, 0.25) is 0 Å². The van der Waals surface area contributed by atoms with Crippen LogP contribution in [0.25, 0.3) is 0 Å². The molecule has 0 radical (unpaired) electrons. The summed E-state index contributed by atoms with van der Waals surface area (Å²) in [6.45, 7) is 2.91. The molecule has 1 rings (SSSR count). The fraction of sp³-hybridized carbons (Fsp3) is 1.00. The Kier molecular flexibility index (Phi) is 6.95. The van der Waals surface area contributed by atoms with E-state index in [1.165, 1.54) is 19.3 Å². The van der Waals surface area contributed by atoms with Gasteiger partial charge in [-0.25, -0.2) is 0 Å². The monoisotopic (exact) mass is 204 g/mol. The van der Waals surface area contributed by atoms with Crippen molar-refractivity contribution in [3.63, 3.8) is 0 Å². The normalized spacial score (nSPS) is 16.9. The van der Waals surface area contributed by atoms with E-state index in [-0.39, 0.29) is 6.61 Å². The van der Waals surface area contributed by atoms with Crippen LogP contribution in [0.5, 0.6) is 0 Å². The van der Waals surface area contributed by atoms with E-state index in [1.807, 2.05) is 0 Å². The highest BCUT2D eigenvalue weighted by molar-refractivity contribution is 4.68. The fourth-order valence-electron chi connectivity index (χ4n) is 1.20. The summed E-state index contributed by atoms with van der Waals surface area (Å²) in [6.07, 6.45) is 4.21. The van der Waals surface area contributed by atoms with E-state index in [2.05, 4.69) is 0 Å². The quantitative estimate of drug-likeness (QED) is 0.558. The first kappa shape index (κ1) is 11.9. The third kappa shape index (κ3) is 5.54. The topological polar surface area (TPSA) is 47.9 Å². The van der Waals surface area contributed by atoms with Crippen LogP contribution in [0.3, 0.4) is 0 Å². The van der Waals surface area contributed by atoms with Crippen molar-refractivity contribution in [1.29, 1.82) is 0 Å².